The Morgan fingerprint density at radius 2 is 1.77 bits per heavy atom. The molecule has 6 rings (SSSR count). The Morgan fingerprint density at radius 1 is 1.06 bits per heavy atom. The maximum absolute atomic E-state index is 16.5. The average molecular weight is 472 g/mol. The number of alkyl halides is 1. The van der Waals surface area contributed by atoms with Crippen LogP contribution in [0.3, 0.4) is 0 Å². The van der Waals surface area contributed by atoms with Gasteiger partial charge in [0.1, 0.15) is 0 Å². The molecule has 1 aliphatic carbocycles. The summed E-state index contributed by atoms with van der Waals surface area (Å²) < 4.78 is 16.5. The molecule has 0 spiro atoms. The summed E-state index contributed by atoms with van der Waals surface area (Å²) in [6.07, 6.45) is 2.55. The van der Waals surface area contributed by atoms with Gasteiger partial charge in [0.2, 0.25) is 11.6 Å². The van der Waals surface area contributed by atoms with Crippen molar-refractivity contribution in [2.45, 2.75) is 43.9 Å². The molecule has 0 bridgehead atoms. The minimum absolute atomic E-state index is 0.0889. The van der Waals surface area contributed by atoms with Crippen molar-refractivity contribution in [3.8, 4) is 0 Å². The van der Waals surface area contributed by atoms with Crippen molar-refractivity contribution in [2.75, 3.05) is 25.0 Å². The number of anilines is 1. The Balaban J connectivity index is 1.25. The Hall–Kier alpha value is -3.25. The van der Waals surface area contributed by atoms with Gasteiger partial charge in [0.25, 0.3) is 5.91 Å². The molecule has 180 valence electrons. The number of hydrogen-bond acceptors (Lipinski definition) is 3. The van der Waals surface area contributed by atoms with Gasteiger partial charge in [-0.2, -0.15) is 0 Å². The maximum Gasteiger partial charge on any atom is 0.270 e. The summed E-state index contributed by atoms with van der Waals surface area (Å²) in [4.78, 5) is 30.2. The highest BCUT2D eigenvalue weighted by Gasteiger charge is 2.58. The number of rotatable bonds is 4. The van der Waals surface area contributed by atoms with Gasteiger partial charge in [-0.1, -0.05) is 54.6 Å². The fourth-order valence-corrected chi connectivity index (χ4v) is 6.57. The van der Waals surface area contributed by atoms with Crippen molar-refractivity contribution in [2.24, 2.45) is 5.92 Å². The van der Waals surface area contributed by atoms with Gasteiger partial charge in [-0.15, -0.1) is 0 Å². The number of piperidine rings is 1. The van der Waals surface area contributed by atoms with E-state index in [4.69, 9.17) is 0 Å². The monoisotopic (exact) mass is 471 g/mol. The van der Waals surface area contributed by atoms with Crippen molar-refractivity contribution < 1.29 is 14.0 Å². The summed E-state index contributed by atoms with van der Waals surface area (Å²) in [5.74, 6) is -2.18. The first-order chi connectivity index (χ1) is 16.9. The molecule has 2 aliphatic heterocycles. The van der Waals surface area contributed by atoms with Crippen LogP contribution in [0.5, 0.6) is 0 Å². The third kappa shape index (κ3) is 3.16. The third-order valence-electron chi connectivity index (χ3n) is 8.42. The number of hydrogen-bond donors (Lipinski definition) is 1. The molecule has 3 aromatic rings. The van der Waals surface area contributed by atoms with Gasteiger partial charge >= 0.3 is 0 Å². The molecule has 5 nitrogen and oxygen atoms in total. The van der Waals surface area contributed by atoms with E-state index in [-0.39, 0.29) is 6.04 Å². The lowest BCUT2D eigenvalue weighted by molar-refractivity contribution is -0.141. The van der Waals surface area contributed by atoms with Gasteiger partial charge in [-0.05, 0) is 54.2 Å². The highest BCUT2D eigenvalue weighted by molar-refractivity contribution is 6.09. The molecule has 6 heteroatoms. The van der Waals surface area contributed by atoms with Crippen LogP contribution in [0.15, 0.2) is 60.7 Å². The van der Waals surface area contributed by atoms with Crippen LogP contribution in [0.2, 0.25) is 0 Å². The highest BCUT2D eigenvalue weighted by Crippen LogP contribution is 2.49. The van der Waals surface area contributed by atoms with E-state index in [0.29, 0.717) is 17.3 Å². The lowest BCUT2D eigenvalue weighted by Crippen LogP contribution is -2.52. The summed E-state index contributed by atoms with van der Waals surface area (Å²) in [7, 11) is 1.48. The molecule has 3 atom stereocenters. The van der Waals surface area contributed by atoms with Crippen molar-refractivity contribution in [1.29, 1.82) is 0 Å². The Bertz CT molecular complexity index is 1330. The van der Waals surface area contributed by atoms with E-state index in [1.54, 1.807) is 17.0 Å². The molecule has 3 aliphatic rings. The summed E-state index contributed by atoms with van der Waals surface area (Å²) in [5.41, 5.74) is 1.35. The second-order valence-electron chi connectivity index (χ2n) is 10.1. The minimum Gasteiger partial charge on any atom is -0.359 e. The first-order valence-corrected chi connectivity index (χ1v) is 12.5. The number of halogens is 1. The van der Waals surface area contributed by atoms with E-state index < -0.39 is 23.4 Å². The molecular weight excluding hydrogens is 441 g/mol. The zero-order chi connectivity index (χ0) is 24.3. The number of para-hydroxylation sites is 1. The number of likely N-dealkylation sites (tertiary alicyclic amines) is 1. The number of fused-ring (bicyclic) bond motifs is 1. The van der Waals surface area contributed by atoms with E-state index in [2.05, 4.69) is 46.6 Å². The molecule has 0 saturated carbocycles. The van der Waals surface area contributed by atoms with Crippen LogP contribution in [0.25, 0.3) is 10.8 Å². The normalized spacial score (nSPS) is 25.2. The predicted octanol–water partition coefficient (Wildman–Crippen LogP) is 4.50. The molecular formula is C29H30FN3O2. The van der Waals surface area contributed by atoms with Crippen LogP contribution in [-0.2, 0) is 21.7 Å². The van der Waals surface area contributed by atoms with Gasteiger partial charge in [0.05, 0.1) is 11.6 Å². The highest BCUT2D eigenvalue weighted by atomic mass is 19.1. The Kier molecular flexibility index (Phi) is 5.18. The Morgan fingerprint density at radius 3 is 2.51 bits per heavy atom. The zero-order valence-electron chi connectivity index (χ0n) is 20.1. The van der Waals surface area contributed by atoms with Crippen molar-refractivity contribution in [3.63, 3.8) is 0 Å². The average Bonchev–Trinajstić information content (AvgIpc) is 3.38. The predicted molar refractivity (Wildman–Crippen MR) is 135 cm³/mol. The van der Waals surface area contributed by atoms with Crippen LogP contribution in [0, 0.1) is 5.92 Å². The molecule has 1 fully saturated rings. The lowest BCUT2D eigenvalue weighted by Gasteiger charge is -2.40. The summed E-state index contributed by atoms with van der Waals surface area (Å²) >= 11 is 0. The van der Waals surface area contributed by atoms with Crippen LogP contribution in [0.4, 0.5) is 10.1 Å². The second-order valence-corrected chi connectivity index (χ2v) is 10.1. The molecule has 0 aromatic heterocycles. The van der Waals surface area contributed by atoms with Crippen molar-refractivity contribution in [1.82, 2.24) is 10.2 Å². The van der Waals surface area contributed by atoms with Gasteiger partial charge in [-0.25, -0.2) is 4.39 Å². The smallest absolute Gasteiger partial charge is 0.270 e. The van der Waals surface area contributed by atoms with Gasteiger partial charge in [-0.3, -0.25) is 14.5 Å². The maximum atomic E-state index is 16.5. The van der Waals surface area contributed by atoms with Gasteiger partial charge in [0.15, 0.2) is 0 Å². The number of benzene rings is 3. The fourth-order valence-electron chi connectivity index (χ4n) is 6.57. The van der Waals surface area contributed by atoms with Gasteiger partial charge in [0, 0.05) is 37.8 Å². The molecule has 1 saturated heterocycles. The SMILES string of the molecule is CNC(=O)C(C)C1(F)C(=O)N(C2CCN(C3Cc4cccc5cccc3c45)CC2)c2ccccc21. The van der Waals surface area contributed by atoms with E-state index >= 15 is 4.39 Å². The quantitative estimate of drug-likeness (QED) is 0.610. The zero-order valence-corrected chi connectivity index (χ0v) is 20.1. The van der Waals surface area contributed by atoms with E-state index in [9.17, 15) is 9.59 Å². The molecule has 2 heterocycles. The molecule has 2 amide bonds. The molecule has 35 heavy (non-hydrogen) atoms. The topological polar surface area (TPSA) is 52.7 Å². The van der Waals surface area contributed by atoms with Crippen LogP contribution >= 0.6 is 0 Å². The fraction of sp³-hybridized carbons (Fsp3) is 0.379. The number of nitrogens with one attached hydrogen (secondary N) is 1. The van der Waals surface area contributed by atoms with Crippen molar-refractivity contribution >= 4 is 28.3 Å². The number of nitrogens with zero attached hydrogens (tertiary/aromatic N) is 2. The first kappa shape index (κ1) is 22.2. The van der Waals surface area contributed by atoms with E-state index in [0.717, 1.165) is 32.4 Å². The third-order valence-corrected chi connectivity index (χ3v) is 8.42. The van der Waals surface area contributed by atoms with E-state index in [1.165, 1.54) is 35.9 Å². The summed E-state index contributed by atoms with van der Waals surface area (Å²) in [6.45, 7) is 3.18. The largest absolute Gasteiger partial charge is 0.359 e. The number of carbonyl (C=O) groups is 2. The van der Waals surface area contributed by atoms with E-state index in [1.807, 2.05) is 12.1 Å². The molecule has 0 radical (unpaired) electrons. The second kappa shape index (κ2) is 8.16. The lowest BCUT2D eigenvalue weighted by atomic mass is 9.84. The standard InChI is InChI=1S/C29H30FN3O2/c1-18(27(34)31-2)29(30)23-11-3-4-12-24(23)33(28(29)35)21-13-15-32(16-14-21)25-17-20-9-5-7-19-8-6-10-22(25)26(19)20/h3-12,18,21,25H,13-17H2,1-2H3,(H,31,34). The van der Waals surface area contributed by atoms with Crippen LogP contribution in [0.1, 0.15) is 42.5 Å². The first-order valence-electron chi connectivity index (χ1n) is 12.5. The number of carbonyl (C=O) groups excluding carboxylic acids is 2. The van der Waals surface area contributed by atoms with Crippen LogP contribution in [-0.4, -0.2) is 42.9 Å². The summed E-state index contributed by atoms with van der Waals surface area (Å²) in [5, 5.41) is 5.19. The Labute approximate surface area is 204 Å². The molecule has 1 N–H and O–H groups in total. The number of amides is 2. The summed E-state index contributed by atoms with van der Waals surface area (Å²) in [6, 6.07) is 20.4. The molecule has 3 aromatic carbocycles. The van der Waals surface area contributed by atoms with Crippen LogP contribution < -0.4 is 10.2 Å². The molecule has 3 unspecified atom stereocenters. The van der Waals surface area contributed by atoms with Crippen molar-refractivity contribution in [3.05, 3.63) is 77.4 Å². The van der Waals surface area contributed by atoms with Gasteiger partial charge < -0.3 is 10.2 Å². The minimum atomic E-state index is -2.35.